The van der Waals surface area contributed by atoms with Gasteiger partial charge in [0.25, 0.3) is 10.9 Å². The summed E-state index contributed by atoms with van der Waals surface area (Å²) in [6.45, 7) is 6.52. The zero-order chi connectivity index (χ0) is 30.0. The maximum absolute atomic E-state index is 12.0. The Kier molecular flexibility index (Phi) is 22.9. The van der Waals surface area contributed by atoms with Gasteiger partial charge in [0.2, 0.25) is 0 Å². The molecule has 0 aromatic heterocycles. The second kappa shape index (κ2) is 25.5. The molecule has 0 aliphatic rings. The maximum atomic E-state index is 12.0. The first-order valence-electron chi connectivity index (χ1n) is 16.6. The zero-order valence-corrected chi connectivity index (χ0v) is 26.2. The number of hydrogen-bond acceptors (Lipinski definition) is 8. The Morgan fingerprint density at radius 3 is 1.88 bits per heavy atom. The second-order valence-electron chi connectivity index (χ2n) is 11.4. The second-order valence-corrected chi connectivity index (χ2v) is 11.4. The minimum atomic E-state index is -0.440. The number of rotatable bonds is 30. The first-order chi connectivity index (χ1) is 20.0. The van der Waals surface area contributed by atoms with Gasteiger partial charge >= 0.3 is 5.97 Å². The van der Waals surface area contributed by atoms with E-state index in [-0.39, 0.29) is 5.97 Å². The Labute approximate surface area is 249 Å². The molecule has 0 fully saturated rings. The van der Waals surface area contributed by atoms with Crippen LogP contribution in [0.3, 0.4) is 0 Å². The lowest BCUT2D eigenvalue weighted by Gasteiger charge is -2.23. The summed E-state index contributed by atoms with van der Waals surface area (Å²) >= 11 is 0. The molecule has 1 rings (SSSR count). The quantitative estimate of drug-likeness (QED) is 0.0456. The number of nitrogens with one attached hydrogen (secondary N) is 2. The molecule has 0 bridgehead atoms. The Morgan fingerprint density at radius 2 is 1.24 bits per heavy atom. The standard InChI is InChI=1S/C33H59N3O5/c1-3-4-5-6-9-15-20-28-41-29(38)22-16-11-10-13-18-25-36(24-17-12-7-8-14-19-27-37)26-21-23-35-31-30(34-2)32(39)33(31)40/h27,34-35H,3-26,28H2,1-2H3. The molecule has 0 amide bonds. The molecule has 0 atom stereocenters. The normalized spacial score (nSPS) is 11.3. The van der Waals surface area contributed by atoms with Gasteiger partial charge in [0, 0.05) is 26.4 Å². The van der Waals surface area contributed by atoms with Gasteiger partial charge in [-0.25, -0.2) is 0 Å². The minimum Gasteiger partial charge on any atom is -0.466 e. The number of anilines is 2. The van der Waals surface area contributed by atoms with Crippen LogP contribution >= 0.6 is 0 Å². The highest BCUT2D eigenvalue weighted by Crippen LogP contribution is 2.14. The first kappa shape index (κ1) is 36.8. The molecule has 1 aromatic rings. The van der Waals surface area contributed by atoms with Crippen LogP contribution in [0.25, 0.3) is 0 Å². The molecule has 8 heteroatoms. The minimum absolute atomic E-state index is 0.0486. The third kappa shape index (κ3) is 18.0. The molecular formula is C33H59N3O5. The molecule has 0 saturated carbocycles. The average molecular weight is 578 g/mol. The summed E-state index contributed by atoms with van der Waals surface area (Å²) in [6, 6.07) is 0. The van der Waals surface area contributed by atoms with Crippen LogP contribution in [0.1, 0.15) is 135 Å². The summed E-state index contributed by atoms with van der Waals surface area (Å²) in [5, 5.41) is 5.93. The van der Waals surface area contributed by atoms with Gasteiger partial charge in [-0.05, 0) is 58.2 Å². The van der Waals surface area contributed by atoms with Crippen molar-refractivity contribution in [2.24, 2.45) is 0 Å². The first-order valence-corrected chi connectivity index (χ1v) is 16.6. The fourth-order valence-corrected chi connectivity index (χ4v) is 5.20. The lowest BCUT2D eigenvalue weighted by atomic mass is 10.1. The van der Waals surface area contributed by atoms with E-state index in [9.17, 15) is 19.2 Å². The molecule has 1 aromatic carbocycles. The molecule has 8 nitrogen and oxygen atoms in total. The zero-order valence-electron chi connectivity index (χ0n) is 26.2. The lowest BCUT2D eigenvalue weighted by Crippen LogP contribution is -2.37. The van der Waals surface area contributed by atoms with Crippen molar-refractivity contribution in [3.8, 4) is 0 Å². The van der Waals surface area contributed by atoms with Gasteiger partial charge in [-0.3, -0.25) is 14.4 Å². The molecule has 0 aliphatic carbocycles. The van der Waals surface area contributed by atoms with Crippen LogP contribution in [-0.2, 0) is 14.3 Å². The Morgan fingerprint density at radius 1 is 0.707 bits per heavy atom. The Hall–Kier alpha value is -2.22. The van der Waals surface area contributed by atoms with Gasteiger partial charge in [0.05, 0.1) is 6.61 Å². The molecule has 0 aliphatic heterocycles. The van der Waals surface area contributed by atoms with E-state index < -0.39 is 10.9 Å². The van der Waals surface area contributed by atoms with E-state index in [4.69, 9.17) is 4.74 Å². The van der Waals surface area contributed by atoms with Crippen LogP contribution in [0.15, 0.2) is 9.59 Å². The van der Waals surface area contributed by atoms with Gasteiger partial charge in [0.1, 0.15) is 17.7 Å². The highest BCUT2D eigenvalue weighted by Gasteiger charge is 2.18. The van der Waals surface area contributed by atoms with Crippen molar-refractivity contribution in [2.75, 3.05) is 50.5 Å². The number of aldehydes is 1. The topological polar surface area (TPSA) is 105 Å². The van der Waals surface area contributed by atoms with Crippen molar-refractivity contribution in [1.82, 2.24) is 4.90 Å². The van der Waals surface area contributed by atoms with Crippen molar-refractivity contribution in [3.05, 3.63) is 20.4 Å². The largest absolute Gasteiger partial charge is 0.466 e. The van der Waals surface area contributed by atoms with Gasteiger partial charge < -0.3 is 25.1 Å². The van der Waals surface area contributed by atoms with E-state index in [1.807, 2.05) is 0 Å². The van der Waals surface area contributed by atoms with Gasteiger partial charge in [-0.2, -0.15) is 0 Å². The van der Waals surface area contributed by atoms with Crippen molar-refractivity contribution in [1.29, 1.82) is 0 Å². The van der Waals surface area contributed by atoms with E-state index in [0.717, 1.165) is 96.5 Å². The van der Waals surface area contributed by atoms with Crippen LogP contribution in [0, 0.1) is 0 Å². The SMILES string of the molecule is CCCCCCCCCOC(=O)CCCCCCCN(CCCCCCCC=O)CCCNc1c(NC)c(=O)c1=O. The van der Waals surface area contributed by atoms with Crippen LogP contribution in [0.2, 0.25) is 0 Å². The fraction of sp³-hybridized carbons (Fsp3) is 0.818. The van der Waals surface area contributed by atoms with E-state index in [1.54, 1.807) is 7.05 Å². The predicted molar refractivity (Wildman–Crippen MR) is 171 cm³/mol. The number of carbonyl (C=O) groups excluding carboxylic acids is 2. The average Bonchev–Trinajstić information content (AvgIpc) is 2.98. The number of hydrogen-bond donors (Lipinski definition) is 2. The van der Waals surface area contributed by atoms with E-state index in [0.29, 0.717) is 37.4 Å². The molecule has 2 N–H and O–H groups in total. The monoisotopic (exact) mass is 577 g/mol. The van der Waals surface area contributed by atoms with E-state index in [2.05, 4.69) is 22.5 Å². The third-order valence-electron chi connectivity index (χ3n) is 7.78. The molecule has 41 heavy (non-hydrogen) atoms. The molecule has 0 unspecified atom stereocenters. The summed E-state index contributed by atoms with van der Waals surface area (Å²) < 4.78 is 5.39. The van der Waals surface area contributed by atoms with Crippen molar-refractivity contribution in [3.63, 3.8) is 0 Å². The highest BCUT2D eigenvalue weighted by molar-refractivity contribution is 5.73. The van der Waals surface area contributed by atoms with Crippen molar-refractivity contribution >= 4 is 23.6 Å². The summed E-state index contributed by atoms with van der Waals surface area (Å²) in [5.41, 5.74) is -0.0590. The Bertz CT molecular complexity index is 866. The van der Waals surface area contributed by atoms with Crippen molar-refractivity contribution in [2.45, 2.75) is 135 Å². The lowest BCUT2D eigenvalue weighted by molar-refractivity contribution is -0.143. The number of esters is 1. The van der Waals surface area contributed by atoms with Crippen LogP contribution in [-0.4, -0.2) is 57.0 Å². The third-order valence-corrected chi connectivity index (χ3v) is 7.78. The van der Waals surface area contributed by atoms with Gasteiger partial charge in [-0.1, -0.05) is 84.0 Å². The number of ether oxygens (including phenoxy) is 1. The molecule has 0 radical (unpaired) electrons. The fourth-order valence-electron chi connectivity index (χ4n) is 5.20. The summed E-state index contributed by atoms with van der Waals surface area (Å²) in [4.78, 5) is 48.3. The highest BCUT2D eigenvalue weighted by atomic mass is 16.5. The molecular weight excluding hydrogens is 518 g/mol. The van der Waals surface area contributed by atoms with Crippen molar-refractivity contribution < 1.29 is 14.3 Å². The van der Waals surface area contributed by atoms with E-state index in [1.165, 1.54) is 44.9 Å². The smallest absolute Gasteiger partial charge is 0.305 e. The van der Waals surface area contributed by atoms with Gasteiger partial charge in [0.15, 0.2) is 0 Å². The molecule has 0 heterocycles. The number of carbonyl (C=O) groups is 2. The number of nitrogens with zero attached hydrogens (tertiary/aromatic N) is 1. The van der Waals surface area contributed by atoms with Gasteiger partial charge in [-0.15, -0.1) is 0 Å². The van der Waals surface area contributed by atoms with Crippen LogP contribution in [0.5, 0.6) is 0 Å². The summed E-state index contributed by atoms with van der Waals surface area (Å²) in [6.07, 6.45) is 22.7. The predicted octanol–water partition coefficient (Wildman–Crippen LogP) is 6.60. The van der Waals surface area contributed by atoms with Crippen LogP contribution < -0.4 is 21.5 Å². The molecule has 236 valence electrons. The molecule has 0 saturated heterocycles. The Balaban J connectivity index is 2.17. The molecule has 0 spiro atoms. The van der Waals surface area contributed by atoms with E-state index >= 15 is 0 Å². The summed E-state index contributed by atoms with van der Waals surface area (Å²) in [5.74, 6) is -0.0486. The summed E-state index contributed by atoms with van der Waals surface area (Å²) in [7, 11) is 1.66. The maximum Gasteiger partial charge on any atom is 0.305 e. The number of unbranched alkanes of at least 4 members (excludes halogenated alkanes) is 15. The van der Waals surface area contributed by atoms with Crippen LogP contribution in [0.4, 0.5) is 11.4 Å².